The molecule has 0 radical (unpaired) electrons. The lowest BCUT2D eigenvalue weighted by Crippen LogP contribution is -2.00. The molecule has 92 valence electrons. The Hall–Kier alpha value is -1.59. The Morgan fingerprint density at radius 2 is 1.94 bits per heavy atom. The topological polar surface area (TPSA) is 38.5 Å². The average molecular weight is 279 g/mol. The Morgan fingerprint density at radius 3 is 2.61 bits per heavy atom. The maximum Gasteiger partial charge on any atom is 0.184 e. The highest BCUT2D eigenvalue weighted by Gasteiger charge is 2.13. The Morgan fingerprint density at radius 1 is 1.28 bits per heavy atom. The third kappa shape index (κ3) is 1.59. The molecular weight excluding hydrogens is 268 g/mol. The van der Waals surface area contributed by atoms with Gasteiger partial charge in [0, 0.05) is 12.1 Å². The van der Waals surface area contributed by atoms with Gasteiger partial charge in [0.1, 0.15) is 5.52 Å². The van der Waals surface area contributed by atoms with Gasteiger partial charge in [-0.25, -0.2) is 4.68 Å². The van der Waals surface area contributed by atoms with Gasteiger partial charge in [-0.1, -0.05) is 11.6 Å². The van der Waals surface area contributed by atoms with Crippen LogP contribution >= 0.6 is 23.8 Å². The molecule has 2 heterocycles. The van der Waals surface area contributed by atoms with Crippen molar-refractivity contribution in [3.8, 4) is 5.69 Å². The van der Waals surface area contributed by atoms with E-state index in [4.69, 9.17) is 23.8 Å². The number of aryl methyl sites for hydroxylation is 2. The number of fused-ring (bicyclic) bond motifs is 1. The second kappa shape index (κ2) is 3.96. The number of benzene rings is 1. The van der Waals surface area contributed by atoms with Gasteiger partial charge in [-0.2, -0.15) is 5.10 Å². The Balaban J connectivity index is 2.38. The number of aromatic nitrogens is 4. The van der Waals surface area contributed by atoms with Crippen molar-refractivity contribution in [2.75, 3.05) is 0 Å². The lowest BCUT2D eigenvalue weighted by atomic mass is 10.3. The Bertz CT molecular complexity index is 779. The van der Waals surface area contributed by atoms with E-state index in [0.717, 1.165) is 22.5 Å². The molecule has 3 rings (SSSR count). The van der Waals surface area contributed by atoms with Crippen LogP contribution in [0.3, 0.4) is 0 Å². The molecule has 0 amide bonds. The fourth-order valence-corrected chi connectivity index (χ4v) is 2.56. The number of H-pyrrole nitrogens is 1. The first-order valence-corrected chi connectivity index (χ1v) is 6.27. The van der Waals surface area contributed by atoms with Crippen molar-refractivity contribution < 1.29 is 0 Å². The van der Waals surface area contributed by atoms with E-state index < -0.39 is 0 Å². The van der Waals surface area contributed by atoms with E-state index in [2.05, 4.69) is 10.1 Å². The van der Waals surface area contributed by atoms with E-state index in [1.54, 1.807) is 0 Å². The molecule has 0 aliphatic carbocycles. The average Bonchev–Trinajstić information content (AvgIpc) is 2.79. The molecule has 18 heavy (non-hydrogen) atoms. The molecule has 0 fully saturated rings. The van der Waals surface area contributed by atoms with Crippen molar-refractivity contribution in [1.82, 2.24) is 19.3 Å². The molecule has 6 heteroatoms. The summed E-state index contributed by atoms with van der Waals surface area (Å²) in [6, 6.07) is 7.57. The van der Waals surface area contributed by atoms with E-state index in [-0.39, 0.29) is 0 Å². The molecule has 4 nitrogen and oxygen atoms in total. The number of hydrogen-bond donors (Lipinski definition) is 1. The predicted octanol–water partition coefficient (Wildman–Crippen LogP) is 3.38. The van der Waals surface area contributed by atoms with Crippen LogP contribution in [0.2, 0.25) is 5.02 Å². The molecule has 0 saturated heterocycles. The zero-order valence-corrected chi connectivity index (χ0v) is 11.5. The number of nitrogens with zero attached hydrogens (tertiary/aromatic N) is 3. The minimum absolute atomic E-state index is 0.656. The minimum Gasteiger partial charge on any atom is -0.327 e. The highest BCUT2D eigenvalue weighted by atomic mass is 35.5. The molecule has 0 atom stereocenters. The van der Waals surface area contributed by atoms with Crippen LogP contribution in [0.25, 0.3) is 16.9 Å². The van der Waals surface area contributed by atoms with Crippen molar-refractivity contribution in [1.29, 1.82) is 0 Å². The fraction of sp³-hybridized carbons (Fsp3) is 0.167. The number of nitrogens with one attached hydrogen (secondary N) is 1. The van der Waals surface area contributed by atoms with Crippen LogP contribution in [0.4, 0.5) is 0 Å². The summed E-state index contributed by atoms with van der Waals surface area (Å²) in [4.78, 5) is 3.19. The zero-order chi connectivity index (χ0) is 12.9. The summed E-state index contributed by atoms with van der Waals surface area (Å²) in [5.74, 6) is 0. The standard InChI is InChI=1S/C12H11ClN4S/c1-7-10-11(16(2)15-7)17(12(18)14-10)9-5-3-8(13)4-6-9/h3-6H,1-2H3,(H,14,18). The summed E-state index contributed by atoms with van der Waals surface area (Å²) in [5, 5.41) is 5.09. The maximum absolute atomic E-state index is 5.91. The lowest BCUT2D eigenvalue weighted by Gasteiger charge is -2.04. The molecule has 1 N–H and O–H groups in total. The van der Waals surface area contributed by atoms with Gasteiger partial charge >= 0.3 is 0 Å². The van der Waals surface area contributed by atoms with Crippen LogP contribution in [0.1, 0.15) is 5.69 Å². The molecule has 0 aliphatic heterocycles. The molecule has 0 spiro atoms. The van der Waals surface area contributed by atoms with E-state index >= 15 is 0 Å². The summed E-state index contributed by atoms with van der Waals surface area (Å²) in [6.07, 6.45) is 0. The highest BCUT2D eigenvalue weighted by molar-refractivity contribution is 7.71. The van der Waals surface area contributed by atoms with Gasteiger partial charge in [-0.15, -0.1) is 0 Å². The van der Waals surface area contributed by atoms with E-state index in [0.29, 0.717) is 9.79 Å². The normalized spacial score (nSPS) is 11.3. The monoisotopic (exact) mass is 278 g/mol. The van der Waals surface area contributed by atoms with Crippen LogP contribution in [-0.4, -0.2) is 19.3 Å². The van der Waals surface area contributed by atoms with Gasteiger partial charge in [-0.05, 0) is 43.4 Å². The second-order valence-corrected chi connectivity index (χ2v) is 4.97. The summed E-state index contributed by atoms with van der Waals surface area (Å²) >= 11 is 11.3. The first kappa shape index (κ1) is 11.5. The van der Waals surface area contributed by atoms with Crippen molar-refractivity contribution in [2.45, 2.75) is 6.92 Å². The van der Waals surface area contributed by atoms with Gasteiger partial charge in [0.2, 0.25) is 0 Å². The molecule has 2 aromatic heterocycles. The maximum atomic E-state index is 5.91. The van der Waals surface area contributed by atoms with E-state index in [1.807, 2.05) is 47.5 Å². The van der Waals surface area contributed by atoms with Crippen LogP contribution in [0, 0.1) is 11.7 Å². The first-order chi connectivity index (χ1) is 8.58. The van der Waals surface area contributed by atoms with Crippen LogP contribution < -0.4 is 0 Å². The Kier molecular flexibility index (Phi) is 2.53. The largest absolute Gasteiger partial charge is 0.327 e. The van der Waals surface area contributed by atoms with Crippen molar-refractivity contribution in [3.05, 3.63) is 39.8 Å². The third-order valence-electron chi connectivity index (χ3n) is 2.92. The van der Waals surface area contributed by atoms with Crippen LogP contribution in [0.15, 0.2) is 24.3 Å². The summed E-state index contributed by atoms with van der Waals surface area (Å²) in [7, 11) is 1.91. The highest BCUT2D eigenvalue weighted by Crippen LogP contribution is 2.22. The predicted molar refractivity (Wildman–Crippen MR) is 75.0 cm³/mol. The number of halogens is 1. The number of rotatable bonds is 1. The smallest absolute Gasteiger partial charge is 0.184 e. The second-order valence-electron chi connectivity index (χ2n) is 4.15. The number of aromatic amines is 1. The van der Waals surface area contributed by atoms with Gasteiger partial charge in [-0.3, -0.25) is 4.57 Å². The Labute approximate surface area is 114 Å². The molecule has 0 bridgehead atoms. The molecule has 3 aromatic rings. The van der Waals surface area contributed by atoms with Gasteiger partial charge in [0.05, 0.1) is 11.4 Å². The number of hydrogen-bond acceptors (Lipinski definition) is 2. The summed E-state index contributed by atoms with van der Waals surface area (Å²) in [6.45, 7) is 1.96. The zero-order valence-electron chi connectivity index (χ0n) is 9.94. The van der Waals surface area contributed by atoms with Crippen LogP contribution in [0.5, 0.6) is 0 Å². The van der Waals surface area contributed by atoms with Crippen molar-refractivity contribution in [2.24, 2.45) is 7.05 Å². The lowest BCUT2D eigenvalue weighted by molar-refractivity contribution is 0.759. The minimum atomic E-state index is 0.656. The molecule has 0 saturated carbocycles. The van der Waals surface area contributed by atoms with Crippen LogP contribution in [-0.2, 0) is 7.05 Å². The summed E-state index contributed by atoms with van der Waals surface area (Å²) < 4.78 is 4.44. The van der Waals surface area contributed by atoms with Gasteiger partial charge < -0.3 is 4.98 Å². The first-order valence-electron chi connectivity index (χ1n) is 5.48. The SMILES string of the molecule is Cc1nn(C)c2c1[nH]c(=S)n2-c1ccc(Cl)cc1. The van der Waals surface area contributed by atoms with Crippen molar-refractivity contribution in [3.63, 3.8) is 0 Å². The molecule has 0 aliphatic rings. The third-order valence-corrected chi connectivity index (χ3v) is 3.46. The summed E-state index contributed by atoms with van der Waals surface area (Å²) in [5.41, 5.74) is 3.84. The van der Waals surface area contributed by atoms with E-state index in [1.165, 1.54) is 0 Å². The molecular formula is C12H11ClN4S. The molecule has 0 unspecified atom stereocenters. The van der Waals surface area contributed by atoms with Gasteiger partial charge in [0.25, 0.3) is 0 Å². The fourth-order valence-electron chi connectivity index (χ4n) is 2.14. The number of imidazole rings is 1. The quantitative estimate of drug-likeness (QED) is 0.693. The van der Waals surface area contributed by atoms with E-state index in [9.17, 15) is 0 Å². The molecule has 1 aromatic carbocycles. The van der Waals surface area contributed by atoms with Crippen molar-refractivity contribution >= 4 is 35.0 Å². The van der Waals surface area contributed by atoms with Gasteiger partial charge in [0.15, 0.2) is 10.4 Å².